The van der Waals surface area contributed by atoms with Crippen LogP contribution in [0, 0.1) is 0 Å². The van der Waals surface area contributed by atoms with Gasteiger partial charge in [-0.3, -0.25) is 4.98 Å². The first-order valence-corrected chi connectivity index (χ1v) is 26.0. The summed E-state index contributed by atoms with van der Waals surface area (Å²) in [6.07, 6.45) is 4.39. The third-order valence-corrected chi connectivity index (χ3v) is 16.7. The second kappa shape index (κ2) is 11.0. The minimum atomic E-state index is -0.947. The van der Waals surface area contributed by atoms with Crippen LogP contribution in [0.15, 0.2) is 54.7 Å². The van der Waals surface area contributed by atoms with Crippen molar-refractivity contribution in [2.75, 3.05) is 44.2 Å². The molecule has 2 atom stereocenters. The molecule has 3 aliphatic rings. The van der Waals surface area contributed by atoms with Crippen LogP contribution in [0.3, 0.4) is 0 Å². The van der Waals surface area contributed by atoms with Gasteiger partial charge in [-0.05, 0) is 23.8 Å². The Morgan fingerprint density at radius 2 is 1.89 bits per heavy atom. The molecule has 3 aromatic rings. The zero-order chi connectivity index (χ0) is 24.6. The Labute approximate surface area is 239 Å². The van der Waals surface area contributed by atoms with Crippen LogP contribution in [0.5, 0.6) is 0 Å². The van der Waals surface area contributed by atoms with E-state index in [1.54, 1.807) is 0 Å². The zero-order valence-electron chi connectivity index (χ0n) is 20.0. The number of piperazine rings is 1. The second-order valence-electron chi connectivity index (χ2n) is 9.72. The molecule has 2 fully saturated rings. The number of rotatable bonds is 5. The summed E-state index contributed by atoms with van der Waals surface area (Å²) in [4.78, 5) is 22.1. The maximum absolute atomic E-state index is 13.2. The zero-order valence-corrected chi connectivity index (χ0v) is 26.4. The van der Waals surface area contributed by atoms with Gasteiger partial charge in [0.2, 0.25) is 0 Å². The van der Waals surface area contributed by atoms with Crippen molar-refractivity contribution in [2.24, 2.45) is 0 Å². The second-order valence-corrected chi connectivity index (χ2v) is 32.9. The van der Waals surface area contributed by atoms with Crippen LogP contribution in [0.25, 0.3) is 10.9 Å². The van der Waals surface area contributed by atoms with Gasteiger partial charge < -0.3 is 0 Å². The van der Waals surface area contributed by atoms with Crippen molar-refractivity contribution in [1.82, 2.24) is 13.0 Å². The summed E-state index contributed by atoms with van der Waals surface area (Å²) >= 11 is 4.35. The van der Waals surface area contributed by atoms with Gasteiger partial charge >= 0.3 is 177 Å². The quantitative estimate of drug-likeness (QED) is 0.204. The number of carbonyl (C=O) groups excluding carboxylic acids is 1. The minimum absolute atomic E-state index is 0.139. The Kier molecular flexibility index (Phi) is 7.78. The normalized spacial score (nSPS) is 22.0. The summed E-state index contributed by atoms with van der Waals surface area (Å²) in [5.74, 6) is 0.566. The van der Waals surface area contributed by atoms with Crippen LogP contribution in [-0.4, -0.2) is 58.4 Å². The van der Waals surface area contributed by atoms with Crippen LogP contribution in [-0.2, 0) is 11.2 Å². The molecule has 190 valence electrons. The van der Waals surface area contributed by atoms with E-state index in [4.69, 9.17) is 4.74 Å². The van der Waals surface area contributed by atoms with Crippen molar-refractivity contribution >= 4 is 72.1 Å². The third-order valence-electron chi connectivity index (χ3n) is 7.76. The van der Waals surface area contributed by atoms with E-state index in [-0.39, 0.29) is 12.1 Å². The molecule has 3 heterocycles. The summed E-state index contributed by atoms with van der Waals surface area (Å²) in [6.45, 7) is 5.66. The van der Waals surface area contributed by atoms with Crippen molar-refractivity contribution in [3.63, 3.8) is 0 Å². The number of amides is 1. The summed E-state index contributed by atoms with van der Waals surface area (Å²) in [5, 5.41) is 1.12. The van der Waals surface area contributed by atoms with Crippen molar-refractivity contribution in [1.29, 1.82) is 0 Å². The molecule has 0 radical (unpaired) electrons. The number of halogens is 3. The van der Waals surface area contributed by atoms with E-state index in [2.05, 4.69) is 86.6 Å². The fraction of sp³-hybridized carbons (Fsp3) is 0.407. The van der Waals surface area contributed by atoms with Crippen LogP contribution in [0.2, 0.25) is 0 Å². The predicted octanol–water partition coefficient (Wildman–Crippen LogP) is 7.09. The maximum atomic E-state index is 13.2. The van der Waals surface area contributed by atoms with E-state index in [0.29, 0.717) is 18.9 Å². The van der Waals surface area contributed by atoms with Crippen LogP contribution < -0.4 is 4.90 Å². The molecule has 1 aliphatic carbocycles. The molecule has 1 unspecified atom stereocenters. The number of hydrogen-bond donors (Lipinski definition) is 0. The van der Waals surface area contributed by atoms with Crippen LogP contribution in [0.1, 0.15) is 41.5 Å². The fourth-order valence-electron chi connectivity index (χ4n) is 5.87. The van der Waals surface area contributed by atoms with Gasteiger partial charge in [-0.1, -0.05) is 12.1 Å². The van der Waals surface area contributed by atoms with Crippen molar-refractivity contribution < 1.29 is 9.53 Å². The number of piperidine rings is 1. The monoisotopic (exact) mass is 822 g/mol. The molecular weight excluding hydrogens is 793 g/mol. The average Bonchev–Trinajstić information content (AvgIpc) is 3.19. The van der Waals surface area contributed by atoms with Gasteiger partial charge in [-0.15, -0.1) is 0 Å². The molecule has 2 aromatic carbocycles. The molecule has 1 amide bonds. The molecule has 6 nitrogen and oxygen atoms in total. The number of pyridine rings is 1. The van der Waals surface area contributed by atoms with E-state index < -0.39 is 12.1 Å². The number of ether oxygens (including phenoxy) is 1. The molecule has 1 aromatic heterocycles. The number of benzene rings is 2. The van der Waals surface area contributed by atoms with Gasteiger partial charge in [0.05, 0.1) is 5.52 Å². The topological polar surface area (TPSA) is 48.9 Å². The molecule has 6 rings (SSSR count). The van der Waals surface area contributed by atoms with E-state index in [0.717, 1.165) is 62.0 Å². The van der Waals surface area contributed by atoms with Gasteiger partial charge in [0.15, 0.2) is 0 Å². The first kappa shape index (κ1) is 25.4. The van der Waals surface area contributed by atoms with Crippen LogP contribution in [0.4, 0.5) is 10.5 Å². The Hall–Kier alpha value is -0.930. The van der Waals surface area contributed by atoms with E-state index >= 15 is 0 Å². The molecule has 0 saturated carbocycles. The number of likely N-dealkylation sites (tertiary alicyclic amines) is 1. The molecule has 2 bridgehead atoms. The summed E-state index contributed by atoms with van der Waals surface area (Å²) in [5.41, 5.74) is 6.24. The number of hydrogen-bond acceptors (Lipinski definition) is 5. The van der Waals surface area contributed by atoms with Crippen molar-refractivity contribution in [3.8, 4) is 0 Å². The Balaban J connectivity index is 1.11. The average molecular weight is 822 g/mol. The van der Waals surface area contributed by atoms with Gasteiger partial charge in [0, 0.05) is 18.0 Å². The van der Waals surface area contributed by atoms with Crippen molar-refractivity contribution in [2.45, 2.75) is 31.2 Å². The van der Waals surface area contributed by atoms with Gasteiger partial charge in [-0.2, -0.15) is 0 Å². The number of fused-ring (bicyclic) bond motifs is 6. The van der Waals surface area contributed by atoms with Gasteiger partial charge in [-0.25, -0.2) is 0 Å². The number of anilines is 1. The number of aromatic nitrogens is 1. The molecule has 9 heteroatoms. The SMILES string of the molecule is O=C(OCCc1ccc2ncccc2c1)N1CC[C@@H]2CC1c1cc(N3CCN(I(I)I)CC3)ccc12. The van der Waals surface area contributed by atoms with E-state index in [9.17, 15) is 4.79 Å². The molecule has 0 spiro atoms. The third kappa shape index (κ3) is 5.18. The number of carbonyl (C=O) groups is 1. The molecular formula is C27H29I3N4O2. The predicted molar refractivity (Wildman–Crippen MR) is 171 cm³/mol. The summed E-state index contributed by atoms with van der Waals surface area (Å²) in [6, 6.07) is 17.4. The van der Waals surface area contributed by atoms with Gasteiger partial charge in [0.1, 0.15) is 0 Å². The first-order valence-electron chi connectivity index (χ1n) is 12.5. The fourth-order valence-corrected chi connectivity index (χ4v) is 11.9. The Morgan fingerprint density at radius 3 is 2.72 bits per heavy atom. The number of nitrogens with zero attached hydrogens (tertiary/aromatic N) is 4. The standard InChI is InChI=1S/C27H29I3N4O2/c28-30(29)33-13-11-32(12-14-33)22-4-5-23-20-7-10-34(26(17-20)24(23)18-22)27(35)36-15-8-19-3-6-25-21(16-19)2-1-9-31-25/h1-6,9,16,18,20,26H,7-8,10-15,17H2/t20-,26?/m1/s1. The molecule has 2 aliphatic heterocycles. The van der Waals surface area contributed by atoms with Gasteiger partial charge in [0.25, 0.3) is 0 Å². The first-order chi connectivity index (χ1) is 17.6. The molecule has 36 heavy (non-hydrogen) atoms. The van der Waals surface area contributed by atoms with Crippen LogP contribution >= 0.6 is 49.4 Å². The Bertz CT molecular complexity index is 1260. The summed E-state index contributed by atoms with van der Waals surface area (Å²) < 4.78 is 8.48. The molecule has 2 saturated heterocycles. The van der Waals surface area contributed by atoms with Crippen molar-refractivity contribution in [3.05, 3.63) is 71.4 Å². The van der Waals surface area contributed by atoms with E-state index in [1.807, 2.05) is 23.2 Å². The summed E-state index contributed by atoms with van der Waals surface area (Å²) in [7, 11) is 0. The Morgan fingerprint density at radius 1 is 1.03 bits per heavy atom. The molecule has 0 N–H and O–H groups in total. The van der Waals surface area contributed by atoms with E-state index in [1.165, 1.54) is 16.8 Å².